The lowest BCUT2D eigenvalue weighted by atomic mass is 9.98. The van der Waals surface area contributed by atoms with Crippen LogP contribution in [-0.4, -0.2) is 14.5 Å². The van der Waals surface area contributed by atoms with Crippen LogP contribution in [0, 0.1) is 0 Å². The third-order valence-electron chi connectivity index (χ3n) is 8.63. The van der Waals surface area contributed by atoms with Crippen molar-refractivity contribution in [2.24, 2.45) is 0 Å². The van der Waals surface area contributed by atoms with Gasteiger partial charge < -0.3 is 4.57 Å². The molecule has 0 aliphatic rings. The second kappa shape index (κ2) is 9.37. The Morgan fingerprint density at radius 1 is 0.395 bits per heavy atom. The average Bonchev–Trinajstić information content (AvgIpc) is 3.43. The predicted octanol–water partition coefficient (Wildman–Crippen LogP) is 10.4. The van der Waals surface area contributed by atoms with Crippen molar-refractivity contribution in [1.29, 1.82) is 0 Å². The number of benzene rings is 6. The summed E-state index contributed by atoms with van der Waals surface area (Å²) in [6, 6.07) is 51.7. The van der Waals surface area contributed by atoms with Gasteiger partial charge in [-0.2, -0.15) is 0 Å². The van der Waals surface area contributed by atoms with Crippen LogP contribution >= 0.6 is 0 Å². The zero-order valence-corrected chi connectivity index (χ0v) is 23.3. The second-order valence-electron chi connectivity index (χ2n) is 11.0. The van der Waals surface area contributed by atoms with Gasteiger partial charge in [0, 0.05) is 49.8 Å². The van der Waals surface area contributed by atoms with Crippen LogP contribution in [0.1, 0.15) is 0 Å². The van der Waals surface area contributed by atoms with Crippen molar-refractivity contribution in [3.05, 3.63) is 152 Å². The highest BCUT2D eigenvalue weighted by molar-refractivity contribution is 6.23. The number of hydrogen-bond donors (Lipinski definition) is 0. The van der Waals surface area contributed by atoms with E-state index in [1.54, 1.807) is 0 Å². The first-order valence-corrected chi connectivity index (χ1v) is 14.6. The summed E-state index contributed by atoms with van der Waals surface area (Å²) in [6.45, 7) is 0. The molecule has 0 aliphatic heterocycles. The van der Waals surface area contributed by atoms with Gasteiger partial charge in [0.1, 0.15) is 0 Å². The zero-order chi connectivity index (χ0) is 28.3. The molecule has 0 aliphatic carbocycles. The Bertz CT molecular complexity index is 2420. The number of rotatable bonds is 3. The van der Waals surface area contributed by atoms with Gasteiger partial charge in [-0.25, -0.2) is 4.98 Å². The van der Waals surface area contributed by atoms with Gasteiger partial charge in [0.25, 0.3) is 0 Å². The fraction of sp³-hybridized carbons (Fsp3) is 0. The monoisotopic (exact) mass is 547 g/mol. The second-order valence-corrected chi connectivity index (χ2v) is 11.0. The van der Waals surface area contributed by atoms with E-state index >= 15 is 0 Å². The quantitative estimate of drug-likeness (QED) is 0.206. The van der Waals surface area contributed by atoms with Gasteiger partial charge in [0.15, 0.2) is 0 Å². The van der Waals surface area contributed by atoms with E-state index < -0.39 is 0 Å². The number of fused-ring (bicyclic) bond motifs is 9. The Labute approximate surface area is 248 Å². The van der Waals surface area contributed by atoms with Crippen LogP contribution < -0.4 is 0 Å². The molecule has 43 heavy (non-hydrogen) atoms. The molecule has 0 fully saturated rings. The molecule has 0 saturated heterocycles. The summed E-state index contributed by atoms with van der Waals surface area (Å²) in [5.41, 5.74) is 10.0. The van der Waals surface area contributed by atoms with Gasteiger partial charge >= 0.3 is 0 Å². The van der Waals surface area contributed by atoms with E-state index in [0.29, 0.717) is 0 Å². The molecule has 6 aromatic carbocycles. The lowest BCUT2D eigenvalue weighted by Gasteiger charge is -2.12. The lowest BCUT2D eigenvalue weighted by molar-refractivity contribution is 1.18. The SMILES string of the molecule is c1cc(-c2ccc(-n3c4ccccc4c4ccccc43)cc2)cc(-c2ccc3c4cccnc4c4ccccc4c3n2)c1. The van der Waals surface area contributed by atoms with Crippen LogP contribution in [0.5, 0.6) is 0 Å². The average molecular weight is 548 g/mol. The third kappa shape index (κ3) is 3.68. The van der Waals surface area contributed by atoms with Crippen LogP contribution in [0.15, 0.2) is 152 Å². The van der Waals surface area contributed by atoms with Crippen molar-refractivity contribution in [1.82, 2.24) is 14.5 Å². The standard InChI is InChI=1S/C40H25N3/c1-2-14-34-32(13-1)39-33(15-8-24-41-39)35-22-23-36(42-40(34)35)28-10-7-9-27(25-28)26-18-20-29(21-19-26)43-37-16-5-3-11-30(37)31-12-4-6-17-38(31)43/h1-25H. The lowest BCUT2D eigenvalue weighted by Crippen LogP contribution is -1.93. The van der Waals surface area contributed by atoms with Crippen molar-refractivity contribution in [2.75, 3.05) is 0 Å². The Morgan fingerprint density at radius 2 is 0.977 bits per heavy atom. The van der Waals surface area contributed by atoms with Crippen molar-refractivity contribution in [2.45, 2.75) is 0 Å². The van der Waals surface area contributed by atoms with Gasteiger partial charge in [-0.05, 0) is 59.7 Å². The molecule has 0 amide bonds. The van der Waals surface area contributed by atoms with E-state index in [9.17, 15) is 0 Å². The summed E-state index contributed by atoms with van der Waals surface area (Å²) in [5, 5.41) is 7.06. The summed E-state index contributed by atoms with van der Waals surface area (Å²) in [6.07, 6.45) is 1.86. The smallest absolute Gasteiger partial charge is 0.0795 e. The van der Waals surface area contributed by atoms with Crippen LogP contribution in [0.3, 0.4) is 0 Å². The molecule has 0 saturated carbocycles. The van der Waals surface area contributed by atoms with Gasteiger partial charge in [0.2, 0.25) is 0 Å². The van der Waals surface area contributed by atoms with Gasteiger partial charge in [0.05, 0.1) is 27.8 Å². The highest BCUT2D eigenvalue weighted by Gasteiger charge is 2.13. The summed E-state index contributed by atoms with van der Waals surface area (Å²) in [5.74, 6) is 0. The first-order valence-electron chi connectivity index (χ1n) is 14.6. The zero-order valence-electron chi connectivity index (χ0n) is 23.3. The number of nitrogens with zero attached hydrogens (tertiary/aromatic N) is 3. The number of para-hydroxylation sites is 2. The minimum Gasteiger partial charge on any atom is -0.309 e. The maximum Gasteiger partial charge on any atom is 0.0795 e. The predicted molar refractivity (Wildman–Crippen MR) is 180 cm³/mol. The Balaban J connectivity index is 1.14. The molecule has 0 radical (unpaired) electrons. The van der Waals surface area contributed by atoms with E-state index in [2.05, 4.69) is 144 Å². The minimum absolute atomic E-state index is 0.963. The molecule has 9 rings (SSSR count). The van der Waals surface area contributed by atoms with Crippen molar-refractivity contribution in [3.63, 3.8) is 0 Å². The fourth-order valence-electron chi connectivity index (χ4n) is 6.64. The molecule has 3 heteroatoms. The maximum absolute atomic E-state index is 5.23. The minimum atomic E-state index is 0.963. The Morgan fingerprint density at radius 3 is 1.70 bits per heavy atom. The van der Waals surface area contributed by atoms with Crippen LogP contribution in [0.2, 0.25) is 0 Å². The molecule has 3 nitrogen and oxygen atoms in total. The topological polar surface area (TPSA) is 30.7 Å². The van der Waals surface area contributed by atoms with Gasteiger partial charge in [-0.15, -0.1) is 0 Å². The number of hydrogen-bond acceptors (Lipinski definition) is 2. The largest absolute Gasteiger partial charge is 0.309 e. The van der Waals surface area contributed by atoms with E-state index in [-0.39, 0.29) is 0 Å². The molecule has 9 aromatic rings. The molecule has 3 aromatic heterocycles. The molecule has 200 valence electrons. The van der Waals surface area contributed by atoms with E-state index in [0.717, 1.165) is 49.5 Å². The molecule has 0 N–H and O–H groups in total. The number of aromatic nitrogens is 3. The van der Waals surface area contributed by atoms with E-state index in [4.69, 9.17) is 9.97 Å². The summed E-state index contributed by atoms with van der Waals surface area (Å²) in [7, 11) is 0. The highest BCUT2D eigenvalue weighted by atomic mass is 15.0. The van der Waals surface area contributed by atoms with Gasteiger partial charge in [-0.1, -0.05) is 97.1 Å². The van der Waals surface area contributed by atoms with Crippen molar-refractivity contribution in [3.8, 4) is 28.1 Å². The molecular formula is C40H25N3. The van der Waals surface area contributed by atoms with Crippen LogP contribution in [0.25, 0.3) is 82.5 Å². The summed E-state index contributed by atoms with van der Waals surface area (Å²) >= 11 is 0. The van der Waals surface area contributed by atoms with Crippen LogP contribution in [0.4, 0.5) is 0 Å². The maximum atomic E-state index is 5.23. The van der Waals surface area contributed by atoms with E-state index in [1.165, 1.54) is 32.9 Å². The molecule has 0 bridgehead atoms. The van der Waals surface area contributed by atoms with Crippen LogP contribution in [-0.2, 0) is 0 Å². The first-order chi connectivity index (χ1) is 21.3. The third-order valence-corrected chi connectivity index (χ3v) is 8.63. The molecule has 0 spiro atoms. The fourth-order valence-corrected chi connectivity index (χ4v) is 6.64. The van der Waals surface area contributed by atoms with Crippen molar-refractivity contribution < 1.29 is 0 Å². The van der Waals surface area contributed by atoms with E-state index in [1.807, 2.05) is 12.3 Å². The van der Waals surface area contributed by atoms with Crippen molar-refractivity contribution >= 4 is 54.4 Å². The first kappa shape index (κ1) is 23.9. The molecule has 0 atom stereocenters. The Kier molecular flexibility index (Phi) is 5.20. The van der Waals surface area contributed by atoms with Gasteiger partial charge in [-0.3, -0.25) is 4.98 Å². The molecule has 0 unspecified atom stereocenters. The highest BCUT2D eigenvalue weighted by Crippen LogP contribution is 2.36. The Hall–Kier alpha value is -5.80. The normalized spacial score (nSPS) is 11.7. The summed E-state index contributed by atoms with van der Waals surface area (Å²) in [4.78, 5) is 9.94. The molecular weight excluding hydrogens is 522 g/mol. The molecule has 3 heterocycles. The number of pyridine rings is 2. The summed E-state index contributed by atoms with van der Waals surface area (Å²) < 4.78 is 2.35.